The molecule has 1 aromatic carbocycles. The Hall–Kier alpha value is -0.680. The predicted octanol–water partition coefficient (Wildman–Crippen LogP) is 2.51. The van der Waals surface area contributed by atoms with Gasteiger partial charge in [0.15, 0.2) is 0 Å². The van der Waals surface area contributed by atoms with Gasteiger partial charge in [0.05, 0.1) is 19.3 Å². The van der Waals surface area contributed by atoms with Crippen molar-refractivity contribution in [3.63, 3.8) is 0 Å². The monoisotopic (exact) mass is 314 g/mol. The summed E-state index contributed by atoms with van der Waals surface area (Å²) in [5, 5.41) is 19.0. The third kappa shape index (κ3) is 4.90. The van der Waals surface area contributed by atoms with E-state index in [0.717, 1.165) is 10.0 Å². The normalized spacial score (nSPS) is 14.2. The summed E-state index contributed by atoms with van der Waals surface area (Å²) < 4.78 is 6.46. The second-order valence-corrected chi connectivity index (χ2v) is 5.00. The van der Waals surface area contributed by atoms with E-state index in [1.807, 2.05) is 24.3 Å². The molecular formula is C14H19BrO3. The zero-order chi connectivity index (χ0) is 13.4. The summed E-state index contributed by atoms with van der Waals surface area (Å²) in [6.07, 6.45) is 1.60. The van der Waals surface area contributed by atoms with Gasteiger partial charge in [-0.1, -0.05) is 40.2 Å². The minimum atomic E-state index is -0.671. The van der Waals surface area contributed by atoms with Crippen molar-refractivity contribution in [2.75, 3.05) is 13.2 Å². The molecule has 2 atom stereocenters. The second-order valence-electron chi connectivity index (χ2n) is 4.14. The Morgan fingerprint density at radius 2 is 2.11 bits per heavy atom. The number of aliphatic hydroxyl groups is 2. The molecule has 18 heavy (non-hydrogen) atoms. The fraction of sp³-hybridized carbons (Fsp3) is 0.429. The van der Waals surface area contributed by atoms with Gasteiger partial charge in [0, 0.05) is 17.0 Å². The van der Waals surface area contributed by atoms with Gasteiger partial charge in [-0.3, -0.25) is 0 Å². The summed E-state index contributed by atoms with van der Waals surface area (Å²) in [5.74, 6) is -0.207. The summed E-state index contributed by atoms with van der Waals surface area (Å²) in [6, 6.07) is 7.79. The van der Waals surface area contributed by atoms with Crippen LogP contribution in [0.5, 0.6) is 0 Å². The Morgan fingerprint density at radius 1 is 1.39 bits per heavy atom. The van der Waals surface area contributed by atoms with Crippen molar-refractivity contribution in [1.82, 2.24) is 0 Å². The average Bonchev–Trinajstić information content (AvgIpc) is 2.38. The Balaban J connectivity index is 2.37. The third-order valence-electron chi connectivity index (χ3n) is 2.75. The molecule has 0 heterocycles. The van der Waals surface area contributed by atoms with Gasteiger partial charge >= 0.3 is 0 Å². The zero-order valence-electron chi connectivity index (χ0n) is 10.3. The minimum absolute atomic E-state index is 0.0639. The molecule has 0 aliphatic rings. The molecule has 1 aromatic rings. The number of aliphatic hydroxyl groups excluding tert-OH is 2. The highest BCUT2D eigenvalue weighted by molar-refractivity contribution is 9.10. The molecule has 0 fully saturated rings. The van der Waals surface area contributed by atoms with Gasteiger partial charge in [0.2, 0.25) is 0 Å². The topological polar surface area (TPSA) is 49.7 Å². The highest BCUT2D eigenvalue weighted by Gasteiger charge is 2.17. The molecule has 0 saturated carbocycles. The van der Waals surface area contributed by atoms with Crippen LogP contribution >= 0.6 is 15.9 Å². The molecule has 0 amide bonds. The molecule has 0 radical (unpaired) electrons. The van der Waals surface area contributed by atoms with E-state index in [9.17, 15) is 5.11 Å². The quantitative estimate of drug-likeness (QED) is 0.725. The number of hydrogen-bond acceptors (Lipinski definition) is 3. The van der Waals surface area contributed by atoms with Crippen LogP contribution in [-0.4, -0.2) is 29.5 Å². The van der Waals surface area contributed by atoms with Crippen LogP contribution < -0.4 is 0 Å². The molecule has 100 valence electrons. The van der Waals surface area contributed by atoms with Crippen molar-refractivity contribution < 1.29 is 14.9 Å². The van der Waals surface area contributed by atoms with Crippen molar-refractivity contribution in [1.29, 1.82) is 0 Å². The Kier molecular flexibility index (Phi) is 7.20. The van der Waals surface area contributed by atoms with E-state index in [1.165, 1.54) is 0 Å². The van der Waals surface area contributed by atoms with Crippen molar-refractivity contribution in [3.05, 3.63) is 47.0 Å². The molecule has 0 bridgehead atoms. The number of ether oxygens (including phenoxy) is 1. The van der Waals surface area contributed by atoms with Crippen LogP contribution in [0, 0.1) is 5.92 Å². The van der Waals surface area contributed by atoms with Crippen molar-refractivity contribution in [3.8, 4) is 0 Å². The van der Waals surface area contributed by atoms with Crippen molar-refractivity contribution in [2.24, 2.45) is 5.92 Å². The molecule has 0 saturated heterocycles. The molecule has 0 unspecified atom stereocenters. The van der Waals surface area contributed by atoms with Crippen LogP contribution in [0.3, 0.4) is 0 Å². The van der Waals surface area contributed by atoms with E-state index in [-0.39, 0.29) is 19.1 Å². The first-order valence-electron chi connectivity index (χ1n) is 5.90. The first kappa shape index (κ1) is 15.4. The highest BCUT2D eigenvalue weighted by Crippen LogP contribution is 2.17. The molecule has 4 heteroatoms. The smallest absolute Gasteiger partial charge is 0.0826 e. The SMILES string of the molecule is C=CC[C@H](CO)[C@@H](O)COCc1ccccc1Br. The summed E-state index contributed by atoms with van der Waals surface area (Å²) in [6.45, 7) is 4.18. The zero-order valence-corrected chi connectivity index (χ0v) is 11.8. The molecule has 1 rings (SSSR count). The van der Waals surface area contributed by atoms with E-state index >= 15 is 0 Å². The second kappa shape index (κ2) is 8.43. The van der Waals surface area contributed by atoms with E-state index in [1.54, 1.807) is 6.08 Å². The van der Waals surface area contributed by atoms with E-state index in [0.29, 0.717) is 13.0 Å². The van der Waals surface area contributed by atoms with Gasteiger partial charge in [0.1, 0.15) is 0 Å². The largest absolute Gasteiger partial charge is 0.396 e. The van der Waals surface area contributed by atoms with E-state index in [2.05, 4.69) is 22.5 Å². The fourth-order valence-electron chi connectivity index (χ4n) is 1.61. The fourth-order valence-corrected chi connectivity index (χ4v) is 2.01. The lowest BCUT2D eigenvalue weighted by atomic mass is 10.0. The third-order valence-corrected chi connectivity index (χ3v) is 3.53. The van der Waals surface area contributed by atoms with Gasteiger partial charge in [-0.05, 0) is 18.1 Å². The number of hydrogen-bond donors (Lipinski definition) is 2. The summed E-state index contributed by atoms with van der Waals surface area (Å²) >= 11 is 3.44. The minimum Gasteiger partial charge on any atom is -0.396 e. The number of rotatable bonds is 8. The maximum atomic E-state index is 9.84. The van der Waals surface area contributed by atoms with Crippen molar-refractivity contribution in [2.45, 2.75) is 19.1 Å². The van der Waals surface area contributed by atoms with Gasteiger partial charge < -0.3 is 14.9 Å². The highest BCUT2D eigenvalue weighted by atomic mass is 79.9. The van der Waals surface area contributed by atoms with Crippen LogP contribution in [0.15, 0.2) is 41.4 Å². The molecule has 0 spiro atoms. The van der Waals surface area contributed by atoms with Crippen molar-refractivity contribution >= 4 is 15.9 Å². The molecule has 3 nitrogen and oxygen atoms in total. The lowest BCUT2D eigenvalue weighted by molar-refractivity contribution is -0.0153. The summed E-state index contributed by atoms with van der Waals surface area (Å²) in [4.78, 5) is 0. The Labute approximate surface area is 116 Å². The van der Waals surface area contributed by atoms with Gasteiger partial charge in [-0.2, -0.15) is 0 Å². The average molecular weight is 315 g/mol. The number of benzene rings is 1. The van der Waals surface area contributed by atoms with Crippen LogP contribution in [0.1, 0.15) is 12.0 Å². The lowest BCUT2D eigenvalue weighted by Crippen LogP contribution is -2.28. The van der Waals surface area contributed by atoms with Gasteiger partial charge in [-0.15, -0.1) is 6.58 Å². The van der Waals surface area contributed by atoms with Gasteiger partial charge in [0.25, 0.3) is 0 Å². The lowest BCUT2D eigenvalue weighted by Gasteiger charge is -2.19. The van der Waals surface area contributed by atoms with Crippen LogP contribution in [0.25, 0.3) is 0 Å². The Morgan fingerprint density at radius 3 is 2.72 bits per heavy atom. The standard InChI is InChI=1S/C14H19BrO3/c1-2-5-11(8-16)14(17)10-18-9-12-6-3-4-7-13(12)15/h2-4,6-7,11,14,16-17H,1,5,8-10H2/t11-,14+/m1/s1. The maximum Gasteiger partial charge on any atom is 0.0826 e. The molecule has 0 aliphatic carbocycles. The van der Waals surface area contributed by atoms with E-state index < -0.39 is 6.10 Å². The number of allylic oxidation sites excluding steroid dienone is 1. The molecular weight excluding hydrogens is 296 g/mol. The molecule has 0 aromatic heterocycles. The first-order chi connectivity index (χ1) is 8.69. The van der Waals surface area contributed by atoms with Crippen LogP contribution in [-0.2, 0) is 11.3 Å². The van der Waals surface area contributed by atoms with Crippen LogP contribution in [0.4, 0.5) is 0 Å². The van der Waals surface area contributed by atoms with Gasteiger partial charge in [-0.25, -0.2) is 0 Å². The first-order valence-corrected chi connectivity index (χ1v) is 6.69. The molecule has 0 aliphatic heterocycles. The summed E-state index contributed by atoms with van der Waals surface area (Å²) in [5.41, 5.74) is 1.04. The summed E-state index contributed by atoms with van der Waals surface area (Å²) in [7, 11) is 0. The maximum absolute atomic E-state index is 9.84. The number of halogens is 1. The van der Waals surface area contributed by atoms with Crippen LogP contribution in [0.2, 0.25) is 0 Å². The van der Waals surface area contributed by atoms with E-state index in [4.69, 9.17) is 9.84 Å². The Bertz CT molecular complexity index is 368. The predicted molar refractivity (Wildman–Crippen MR) is 75.2 cm³/mol. The molecule has 2 N–H and O–H groups in total.